The maximum Gasteiger partial charge on any atom is 0.339 e. The Balaban J connectivity index is 4.30. The molecule has 0 rings (SSSR count). The lowest BCUT2D eigenvalue weighted by Gasteiger charge is -2.22. The first-order valence-electron chi connectivity index (χ1n) is 5.66. The highest BCUT2D eigenvalue weighted by Gasteiger charge is 2.25. The van der Waals surface area contributed by atoms with Crippen LogP contribution in [0.3, 0.4) is 0 Å². The first-order valence-corrected chi connectivity index (χ1v) is 9.25. The van der Waals surface area contributed by atoms with Gasteiger partial charge in [-0.15, -0.1) is 0 Å². The van der Waals surface area contributed by atoms with Crippen LogP contribution in [0.25, 0.3) is 0 Å². The molecule has 11 heteroatoms. The highest BCUT2D eigenvalue weighted by atomic mass is 31.2. The molecule has 0 heterocycles. The second kappa shape index (κ2) is 8.05. The van der Waals surface area contributed by atoms with E-state index in [1.54, 1.807) is 0 Å². The predicted molar refractivity (Wildman–Crippen MR) is 73.0 cm³/mol. The molecule has 0 saturated carbocycles. The molecule has 9 nitrogen and oxygen atoms in total. The summed E-state index contributed by atoms with van der Waals surface area (Å²) in [6.07, 6.45) is -1.20. The van der Waals surface area contributed by atoms with Gasteiger partial charge in [-0.2, -0.15) is 0 Å². The predicted octanol–water partition coefficient (Wildman–Crippen LogP) is -0.359. The maximum absolute atomic E-state index is 11.2. The number of amides is 1. The van der Waals surface area contributed by atoms with Crippen molar-refractivity contribution in [1.82, 2.24) is 10.2 Å². The van der Waals surface area contributed by atoms with E-state index in [4.69, 9.17) is 19.6 Å². The summed E-state index contributed by atoms with van der Waals surface area (Å²) in [5.74, 6) is -0.346. The largest absolute Gasteiger partial charge is 0.352 e. The van der Waals surface area contributed by atoms with Crippen molar-refractivity contribution in [1.29, 1.82) is 0 Å². The maximum atomic E-state index is 11.2. The summed E-state index contributed by atoms with van der Waals surface area (Å²) in [4.78, 5) is 47.5. The fourth-order valence-corrected chi connectivity index (χ4v) is 3.05. The van der Waals surface area contributed by atoms with Crippen molar-refractivity contribution in [3.63, 3.8) is 0 Å². The molecular weight excluding hydrogens is 310 g/mol. The molecule has 0 spiro atoms. The Kier molecular flexibility index (Phi) is 7.83. The fourth-order valence-electron chi connectivity index (χ4n) is 1.36. The van der Waals surface area contributed by atoms with Gasteiger partial charge >= 0.3 is 15.2 Å². The van der Waals surface area contributed by atoms with Crippen LogP contribution >= 0.6 is 15.2 Å². The van der Waals surface area contributed by atoms with Crippen LogP contribution in [-0.4, -0.2) is 56.0 Å². The summed E-state index contributed by atoms with van der Waals surface area (Å²) in [6.45, 7) is 5.22. The van der Waals surface area contributed by atoms with Crippen LogP contribution in [0.2, 0.25) is 0 Å². The Morgan fingerprint density at radius 1 is 1.15 bits per heavy atom. The minimum atomic E-state index is -4.41. The number of nitrogens with one attached hydrogen (secondary N) is 1. The molecule has 0 bridgehead atoms. The van der Waals surface area contributed by atoms with E-state index >= 15 is 0 Å². The summed E-state index contributed by atoms with van der Waals surface area (Å²) < 4.78 is 21.8. The first-order chi connectivity index (χ1) is 8.91. The quantitative estimate of drug-likeness (QED) is 0.219. The first kappa shape index (κ1) is 19.5. The van der Waals surface area contributed by atoms with Gasteiger partial charge in [0.15, 0.2) is 0 Å². The minimum absolute atomic E-state index is 0.0344. The van der Waals surface area contributed by atoms with Crippen LogP contribution in [0.5, 0.6) is 0 Å². The van der Waals surface area contributed by atoms with Gasteiger partial charge in [0, 0.05) is 18.7 Å². The summed E-state index contributed by atoms with van der Waals surface area (Å²) in [5, 5.41) is 2.51. The molecule has 0 fully saturated rings. The van der Waals surface area contributed by atoms with Gasteiger partial charge in [0.1, 0.15) is 12.6 Å². The third-order valence-electron chi connectivity index (χ3n) is 2.09. The van der Waals surface area contributed by atoms with Gasteiger partial charge in [0.25, 0.3) is 0 Å². The Morgan fingerprint density at radius 3 is 1.95 bits per heavy atom. The van der Waals surface area contributed by atoms with Crippen molar-refractivity contribution in [2.75, 3.05) is 25.7 Å². The van der Waals surface area contributed by atoms with Gasteiger partial charge in [-0.05, 0) is 13.3 Å². The second-order valence-electron chi connectivity index (χ2n) is 4.40. The van der Waals surface area contributed by atoms with E-state index < -0.39 is 27.8 Å². The van der Waals surface area contributed by atoms with Crippen molar-refractivity contribution in [2.45, 2.75) is 13.3 Å². The Hall–Kier alpha value is -0.530. The van der Waals surface area contributed by atoms with E-state index in [0.29, 0.717) is 12.0 Å². The monoisotopic (exact) mass is 330 g/mol. The van der Waals surface area contributed by atoms with Crippen LogP contribution < -0.4 is 5.32 Å². The molecule has 0 aliphatic heterocycles. The van der Waals surface area contributed by atoms with E-state index in [2.05, 4.69) is 11.9 Å². The molecule has 0 aliphatic rings. The average molecular weight is 330 g/mol. The topological polar surface area (TPSA) is 147 Å². The lowest BCUT2D eigenvalue weighted by molar-refractivity contribution is -0.117. The van der Waals surface area contributed by atoms with Gasteiger partial charge in [-0.1, -0.05) is 6.58 Å². The number of hydrogen-bond donors (Lipinski definition) is 5. The van der Waals surface area contributed by atoms with Crippen molar-refractivity contribution in [3.05, 3.63) is 12.2 Å². The molecule has 0 atom stereocenters. The van der Waals surface area contributed by atoms with Crippen molar-refractivity contribution >= 4 is 21.1 Å². The minimum Gasteiger partial charge on any atom is -0.352 e. The summed E-state index contributed by atoms with van der Waals surface area (Å²) in [7, 11) is -8.82. The molecule has 5 N–H and O–H groups in total. The normalized spacial score (nSPS) is 12.5. The van der Waals surface area contributed by atoms with Crippen LogP contribution in [0.4, 0.5) is 0 Å². The Labute approximate surface area is 117 Å². The van der Waals surface area contributed by atoms with Gasteiger partial charge in [-0.25, -0.2) is 0 Å². The molecule has 20 heavy (non-hydrogen) atoms. The lowest BCUT2D eigenvalue weighted by atomic mass is 10.3. The molecule has 118 valence electrons. The van der Waals surface area contributed by atoms with E-state index in [-0.39, 0.29) is 19.0 Å². The number of rotatable bonds is 9. The lowest BCUT2D eigenvalue weighted by Crippen LogP contribution is -2.31. The summed E-state index contributed by atoms with van der Waals surface area (Å²) >= 11 is 0. The third-order valence-corrected chi connectivity index (χ3v) is 3.63. The molecule has 0 unspecified atom stereocenters. The van der Waals surface area contributed by atoms with Gasteiger partial charge in [0.05, 0.1) is 0 Å². The number of nitrogens with zero attached hydrogens (tertiary/aromatic N) is 1. The summed E-state index contributed by atoms with van der Waals surface area (Å²) in [5.41, 5.74) is 0.326. The number of carbonyl (C=O) groups is 1. The van der Waals surface area contributed by atoms with E-state index in [1.807, 2.05) is 0 Å². The van der Waals surface area contributed by atoms with Crippen LogP contribution in [-0.2, 0) is 13.9 Å². The third kappa shape index (κ3) is 11.3. The molecule has 0 saturated heterocycles. The molecule has 0 aromatic rings. The van der Waals surface area contributed by atoms with Crippen molar-refractivity contribution < 1.29 is 33.5 Å². The zero-order valence-electron chi connectivity index (χ0n) is 11.1. The van der Waals surface area contributed by atoms with Gasteiger partial charge in [-0.3, -0.25) is 18.8 Å². The zero-order chi connectivity index (χ0) is 16.0. The van der Waals surface area contributed by atoms with Crippen LogP contribution in [0, 0.1) is 0 Å². The van der Waals surface area contributed by atoms with Crippen LogP contribution in [0.1, 0.15) is 13.3 Å². The Morgan fingerprint density at radius 2 is 1.60 bits per heavy atom. The second-order valence-corrected chi connectivity index (χ2v) is 7.62. The molecule has 1 amide bonds. The molecule has 0 radical (unpaired) electrons. The van der Waals surface area contributed by atoms with E-state index in [1.165, 1.54) is 6.92 Å². The highest BCUT2D eigenvalue weighted by Crippen LogP contribution is 2.40. The molecule has 0 aromatic heterocycles. The van der Waals surface area contributed by atoms with E-state index in [0.717, 1.165) is 4.90 Å². The van der Waals surface area contributed by atoms with Gasteiger partial charge < -0.3 is 24.9 Å². The molecular formula is C9H20N2O7P2. The molecule has 0 aliphatic carbocycles. The fraction of sp³-hybridized carbons (Fsp3) is 0.667. The van der Waals surface area contributed by atoms with Crippen molar-refractivity contribution in [2.24, 2.45) is 0 Å². The highest BCUT2D eigenvalue weighted by molar-refractivity contribution is 7.52. The zero-order valence-corrected chi connectivity index (χ0v) is 12.9. The van der Waals surface area contributed by atoms with Crippen molar-refractivity contribution in [3.8, 4) is 0 Å². The van der Waals surface area contributed by atoms with E-state index in [9.17, 15) is 13.9 Å². The summed E-state index contributed by atoms with van der Waals surface area (Å²) in [6, 6.07) is 0. The van der Waals surface area contributed by atoms with Crippen LogP contribution in [0.15, 0.2) is 12.2 Å². The smallest absolute Gasteiger partial charge is 0.339 e. The standard InChI is InChI=1S/C9H20N2O7P2/c1-8(2)9(12)10-4-3-5-11(6-19(13,14)15)7-20(16,17)18/h1,3-7H2,2H3,(H,10,12)(H2,13,14,15)(H2,16,17,18). The number of carbonyl (C=O) groups excluding carboxylic acids is 1. The molecule has 0 aromatic carbocycles. The average Bonchev–Trinajstić information content (AvgIpc) is 2.18. The SMILES string of the molecule is C=C(C)C(=O)NCCCN(CP(=O)(O)O)CP(=O)(O)O. The number of hydrogen-bond acceptors (Lipinski definition) is 4. The van der Waals surface area contributed by atoms with Gasteiger partial charge in [0.2, 0.25) is 5.91 Å². The Bertz CT molecular complexity index is 418.